The van der Waals surface area contributed by atoms with Crippen molar-refractivity contribution in [3.63, 3.8) is 0 Å². The lowest BCUT2D eigenvalue weighted by atomic mass is 10.0. The highest BCUT2D eigenvalue weighted by molar-refractivity contribution is 7.89. The minimum Gasteiger partial charge on any atom is -0.207 e. The van der Waals surface area contributed by atoms with E-state index in [1.165, 1.54) is 12.1 Å². The molecule has 0 amide bonds. The van der Waals surface area contributed by atoms with Gasteiger partial charge in [0.1, 0.15) is 5.82 Å². The molecular weight excluding hydrogens is 363 g/mol. The standard InChI is InChI=1S/C21H19FN2O2S/c1-15-3-7-17(8-4-15)21(18-9-5-16(2)6-10-18)23-24-27(25,26)20-13-11-19(22)12-14-20/h3-14,24H,1-2H3. The molecule has 6 heteroatoms. The predicted octanol–water partition coefficient (Wildman–Crippen LogP) is 4.17. The molecule has 0 atom stereocenters. The zero-order valence-corrected chi connectivity index (χ0v) is 15.8. The molecule has 1 N–H and O–H groups in total. The fraction of sp³-hybridized carbons (Fsp3) is 0.0952. The van der Waals surface area contributed by atoms with Crippen molar-refractivity contribution >= 4 is 15.7 Å². The van der Waals surface area contributed by atoms with E-state index >= 15 is 0 Å². The zero-order valence-electron chi connectivity index (χ0n) is 15.0. The number of nitrogens with zero attached hydrogens (tertiary/aromatic N) is 1. The lowest BCUT2D eigenvalue weighted by molar-refractivity contribution is 0.583. The number of rotatable bonds is 5. The van der Waals surface area contributed by atoms with E-state index in [9.17, 15) is 12.8 Å². The molecule has 3 aromatic rings. The van der Waals surface area contributed by atoms with Gasteiger partial charge < -0.3 is 0 Å². The van der Waals surface area contributed by atoms with Gasteiger partial charge in [-0.2, -0.15) is 18.4 Å². The molecule has 0 bridgehead atoms. The Labute approximate surface area is 158 Å². The van der Waals surface area contributed by atoms with Crippen molar-refractivity contribution in [1.29, 1.82) is 0 Å². The maximum atomic E-state index is 13.1. The normalized spacial score (nSPS) is 11.1. The summed E-state index contributed by atoms with van der Waals surface area (Å²) in [6.07, 6.45) is 0. The Hall–Kier alpha value is -2.99. The van der Waals surface area contributed by atoms with Gasteiger partial charge in [0.15, 0.2) is 0 Å². The minimum absolute atomic E-state index is 0.0557. The molecule has 4 nitrogen and oxygen atoms in total. The monoisotopic (exact) mass is 382 g/mol. The van der Waals surface area contributed by atoms with Crippen LogP contribution in [0, 0.1) is 19.7 Å². The van der Waals surface area contributed by atoms with E-state index in [0.29, 0.717) is 5.71 Å². The quantitative estimate of drug-likeness (QED) is 0.532. The van der Waals surface area contributed by atoms with Crippen LogP contribution in [0.5, 0.6) is 0 Å². The van der Waals surface area contributed by atoms with Crippen LogP contribution in [0.3, 0.4) is 0 Å². The highest BCUT2D eigenvalue weighted by Gasteiger charge is 2.15. The first-order chi connectivity index (χ1) is 12.8. The lowest BCUT2D eigenvalue weighted by Gasteiger charge is -2.10. The molecule has 0 aromatic heterocycles. The average Bonchev–Trinajstić information content (AvgIpc) is 2.65. The Kier molecular flexibility index (Phi) is 5.37. The van der Waals surface area contributed by atoms with E-state index in [1.807, 2.05) is 62.4 Å². The molecule has 27 heavy (non-hydrogen) atoms. The van der Waals surface area contributed by atoms with E-state index in [0.717, 1.165) is 34.4 Å². The van der Waals surface area contributed by atoms with Crippen LogP contribution >= 0.6 is 0 Å². The fourth-order valence-corrected chi connectivity index (χ4v) is 3.30. The number of halogens is 1. The highest BCUT2D eigenvalue weighted by atomic mass is 32.2. The van der Waals surface area contributed by atoms with Crippen molar-refractivity contribution in [3.05, 3.63) is 101 Å². The Morgan fingerprint density at radius 1 is 0.778 bits per heavy atom. The van der Waals surface area contributed by atoms with Gasteiger partial charge in [0.25, 0.3) is 10.0 Å². The summed E-state index contributed by atoms with van der Waals surface area (Å²) >= 11 is 0. The molecule has 138 valence electrons. The topological polar surface area (TPSA) is 58.5 Å². The third-order valence-corrected chi connectivity index (χ3v) is 5.28. The Bertz CT molecular complexity index is 1010. The van der Waals surface area contributed by atoms with Crippen molar-refractivity contribution in [2.75, 3.05) is 0 Å². The van der Waals surface area contributed by atoms with Gasteiger partial charge in [-0.1, -0.05) is 59.7 Å². The van der Waals surface area contributed by atoms with Gasteiger partial charge in [-0.3, -0.25) is 0 Å². The van der Waals surface area contributed by atoms with Gasteiger partial charge in [-0.05, 0) is 38.1 Å². The van der Waals surface area contributed by atoms with Crippen molar-refractivity contribution in [2.45, 2.75) is 18.7 Å². The molecule has 0 aliphatic rings. The summed E-state index contributed by atoms with van der Waals surface area (Å²) in [5, 5.41) is 4.18. The first-order valence-electron chi connectivity index (χ1n) is 8.34. The third-order valence-electron chi connectivity index (χ3n) is 4.05. The van der Waals surface area contributed by atoms with Gasteiger partial charge in [0.05, 0.1) is 10.6 Å². The SMILES string of the molecule is Cc1ccc(C(=NNS(=O)(=O)c2ccc(F)cc2)c2ccc(C)cc2)cc1. The number of nitrogens with one attached hydrogen (secondary N) is 1. The summed E-state index contributed by atoms with van der Waals surface area (Å²) in [5.41, 5.74) is 4.25. The summed E-state index contributed by atoms with van der Waals surface area (Å²) in [6.45, 7) is 3.95. The third kappa shape index (κ3) is 4.60. The van der Waals surface area contributed by atoms with E-state index in [-0.39, 0.29) is 4.90 Å². The Morgan fingerprint density at radius 3 is 1.67 bits per heavy atom. The van der Waals surface area contributed by atoms with Gasteiger partial charge >= 0.3 is 0 Å². The van der Waals surface area contributed by atoms with Crippen LogP contribution in [-0.4, -0.2) is 14.1 Å². The van der Waals surface area contributed by atoms with Crippen LogP contribution in [-0.2, 0) is 10.0 Å². The molecule has 0 aliphatic heterocycles. The summed E-state index contributed by atoms with van der Waals surface area (Å²) in [6, 6.07) is 19.9. The van der Waals surface area contributed by atoms with E-state index in [1.54, 1.807) is 0 Å². The molecule has 0 unspecified atom stereocenters. The van der Waals surface area contributed by atoms with Crippen LogP contribution in [0.1, 0.15) is 22.3 Å². The molecule has 0 fully saturated rings. The van der Waals surface area contributed by atoms with E-state index < -0.39 is 15.8 Å². The average molecular weight is 382 g/mol. The molecule has 0 spiro atoms. The smallest absolute Gasteiger partial charge is 0.207 e. The molecule has 0 aliphatic carbocycles. The van der Waals surface area contributed by atoms with Crippen molar-refractivity contribution in [2.24, 2.45) is 5.10 Å². The molecule has 3 rings (SSSR count). The van der Waals surface area contributed by atoms with Gasteiger partial charge in [0.2, 0.25) is 0 Å². The van der Waals surface area contributed by atoms with Gasteiger partial charge in [0, 0.05) is 11.1 Å². The largest absolute Gasteiger partial charge is 0.276 e. The number of benzene rings is 3. The van der Waals surface area contributed by atoms with Crippen molar-refractivity contribution < 1.29 is 12.8 Å². The van der Waals surface area contributed by atoms with E-state index in [4.69, 9.17) is 0 Å². The first kappa shape index (κ1) is 18.8. The van der Waals surface area contributed by atoms with Crippen LogP contribution in [0.2, 0.25) is 0 Å². The number of hydrazone groups is 1. The highest BCUT2D eigenvalue weighted by Crippen LogP contribution is 2.15. The van der Waals surface area contributed by atoms with Gasteiger partial charge in [-0.25, -0.2) is 4.39 Å². The molecular formula is C21H19FN2O2S. The van der Waals surface area contributed by atoms with Crippen molar-refractivity contribution in [1.82, 2.24) is 4.83 Å². The number of aryl methyl sites for hydroxylation is 2. The second-order valence-electron chi connectivity index (χ2n) is 6.24. The molecule has 0 radical (unpaired) electrons. The second-order valence-corrected chi connectivity index (χ2v) is 7.90. The number of hydrogen-bond acceptors (Lipinski definition) is 3. The minimum atomic E-state index is -3.91. The molecule has 0 heterocycles. The van der Waals surface area contributed by atoms with Crippen LogP contribution in [0.25, 0.3) is 0 Å². The Balaban J connectivity index is 2.00. The second kappa shape index (κ2) is 7.72. The maximum Gasteiger partial charge on any atom is 0.276 e. The summed E-state index contributed by atoms with van der Waals surface area (Å²) < 4.78 is 38.0. The Morgan fingerprint density at radius 2 is 1.22 bits per heavy atom. The zero-order chi connectivity index (χ0) is 19.4. The summed E-state index contributed by atoms with van der Waals surface area (Å²) in [4.78, 5) is 2.20. The maximum absolute atomic E-state index is 13.1. The van der Waals surface area contributed by atoms with E-state index in [2.05, 4.69) is 9.93 Å². The summed E-state index contributed by atoms with van der Waals surface area (Å²) in [7, 11) is -3.91. The van der Waals surface area contributed by atoms with Crippen LogP contribution < -0.4 is 4.83 Å². The molecule has 3 aromatic carbocycles. The summed E-state index contributed by atoms with van der Waals surface area (Å²) in [5.74, 6) is -0.502. The molecule has 0 saturated carbocycles. The lowest BCUT2D eigenvalue weighted by Crippen LogP contribution is -2.21. The number of hydrogen-bond donors (Lipinski definition) is 1. The first-order valence-corrected chi connectivity index (χ1v) is 9.83. The van der Waals surface area contributed by atoms with Crippen LogP contribution in [0.4, 0.5) is 4.39 Å². The van der Waals surface area contributed by atoms with Gasteiger partial charge in [-0.15, -0.1) is 0 Å². The predicted molar refractivity (Wildman–Crippen MR) is 105 cm³/mol. The fourth-order valence-electron chi connectivity index (χ4n) is 2.49. The van der Waals surface area contributed by atoms with Crippen molar-refractivity contribution in [3.8, 4) is 0 Å². The number of sulfonamides is 1. The molecule has 0 saturated heterocycles. The van der Waals surface area contributed by atoms with Crippen LogP contribution in [0.15, 0.2) is 82.8 Å².